The molecule has 0 saturated carbocycles. The average molecular weight is 204 g/mol. The number of aliphatic carboxylic acids is 1. The fourth-order valence-electron chi connectivity index (χ4n) is 0.671. The SMILES string of the molecule is CC(C)N(C)C(=O)N[C@@H](CO)C(=O)O. The molecule has 0 aromatic carbocycles. The third kappa shape index (κ3) is 3.61. The Bertz CT molecular complexity index is 217. The minimum atomic E-state index is -1.25. The molecule has 82 valence electrons. The third-order valence-corrected chi connectivity index (χ3v) is 1.87. The van der Waals surface area contributed by atoms with Crippen LogP contribution in [-0.2, 0) is 4.79 Å². The van der Waals surface area contributed by atoms with Crippen LogP contribution in [0.4, 0.5) is 4.79 Å². The number of carboxylic acids is 1. The predicted molar refractivity (Wildman–Crippen MR) is 49.9 cm³/mol. The van der Waals surface area contributed by atoms with Crippen molar-refractivity contribution in [3.05, 3.63) is 0 Å². The van der Waals surface area contributed by atoms with Crippen molar-refractivity contribution >= 4 is 12.0 Å². The van der Waals surface area contributed by atoms with Crippen molar-refractivity contribution in [1.29, 1.82) is 0 Å². The zero-order valence-corrected chi connectivity index (χ0v) is 8.52. The number of aliphatic hydroxyl groups excluding tert-OH is 1. The second-order valence-electron chi connectivity index (χ2n) is 3.23. The van der Waals surface area contributed by atoms with Gasteiger partial charge in [-0.3, -0.25) is 0 Å². The van der Waals surface area contributed by atoms with Gasteiger partial charge in [-0.2, -0.15) is 0 Å². The molecule has 0 heterocycles. The van der Waals surface area contributed by atoms with Crippen molar-refractivity contribution in [2.45, 2.75) is 25.9 Å². The molecule has 0 aliphatic carbocycles. The van der Waals surface area contributed by atoms with E-state index in [1.54, 1.807) is 20.9 Å². The Balaban J connectivity index is 4.22. The summed E-state index contributed by atoms with van der Waals surface area (Å²) in [5.74, 6) is -1.25. The van der Waals surface area contributed by atoms with Crippen molar-refractivity contribution in [1.82, 2.24) is 10.2 Å². The van der Waals surface area contributed by atoms with Crippen LogP contribution in [0, 0.1) is 0 Å². The van der Waals surface area contributed by atoms with Crippen LogP contribution in [0.3, 0.4) is 0 Å². The summed E-state index contributed by atoms with van der Waals surface area (Å²) in [5, 5.41) is 19.4. The average Bonchev–Trinajstić information content (AvgIpc) is 2.11. The molecule has 0 aromatic rings. The summed E-state index contributed by atoms with van der Waals surface area (Å²) in [6.45, 7) is 2.98. The molecule has 0 bridgehead atoms. The summed E-state index contributed by atoms with van der Waals surface area (Å²) < 4.78 is 0. The van der Waals surface area contributed by atoms with Gasteiger partial charge in [-0.15, -0.1) is 0 Å². The Kier molecular flexibility index (Phi) is 4.93. The van der Waals surface area contributed by atoms with Gasteiger partial charge in [-0.05, 0) is 13.8 Å². The first-order valence-electron chi connectivity index (χ1n) is 4.27. The van der Waals surface area contributed by atoms with Crippen molar-refractivity contribution in [2.24, 2.45) is 0 Å². The van der Waals surface area contributed by atoms with E-state index in [1.165, 1.54) is 4.90 Å². The number of hydrogen-bond donors (Lipinski definition) is 3. The highest BCUT2D eigenvalue weighted by Gasteiger charge is 2.21. The van der Waals surface area contributed by atoms with E-state index in [9.17, 15) is 9.59 Å². The minimum Gasteiger partial charge on any atom is -0.480 e. The van der Waals surface area contributed by atoms with Gasteiger partial charge in [0.2, 0.25) is 0 Å². The number of hydrogen-bond acceptors (Lipinski definition) is 3. The van der Waals surface area contributed by atoms with Gasteiger partial charge in [0.15, 0.2) is 6.04 Å². The first kappa shape index (κ1) is 12.7. The minimum absolute atomic E-state index is 0.0249. The number of nitrogens with one attached hydrogen (secondary N) is 1. The maximum atomic E-state index is 11.3. The molecule has 0 saturated heterocycles. The Morgan fingerprint density at radius 1 is 1.43 bits per heavy atom. The Labute approximate surface area is 82.5 Å². The first-order valence-corrected chi connectivity index (χ1v) is 4.27. The third-order valence-electron chi connectivity index (χ3n) is 1.87. The number of rotatable bonds is 4. The molecule has 0 spiro atoms. The molecule has 0 rings (SSSR count). The number of urea groups is 1. The van der Waals surface area contributed by atoms with Gasteiger partial charge >= 0.3 is 12.0 Å². The fourth-order valence-corrected chi connectivity index (χ4v) is 0.671. The van der Waals surface area contributed by atoms with Crippen LogP contribution in [0.25, 0.3) is 0 Å². The topological polar surface area (TPSA) is 89.9 Å². The van der Waals surface area contributed by atoms with Crippen LogP contribution < -0.4 is 5.32 Å². The van der Waals surface area contributed by atoms with Crippen LogP contribution in [0.1, 0.15) is 13.8 Å². The Morgan fingerprint density at radius 3 is 2.21 bits per heavy atom. The molecule has 6 nitrogen and oxygen atoms in total. The van der Waals surface area contributed by atoms with Gasteiger partial charge in [-0.25, -0.2) is 9.59 Å². The summed E-state index contributed by atoms with van der Waals surface area (Å²) in [6.07, 6.45) is 0. The van der Waals surface area contributed by atoms with Crippen LogP contribution >= 0.6 is 0 Å². The molecule has 14 heavy (non-hydrogen) atoms. The maximum Gasteiger partial charge on any atom is 0.328 e. The van der Waals surface area contributed by atoms with Gasteiger partial charge in [-0.1, -0.05) is 0 Å². The van der Waals surface area contributed by atoms with Crippen LogP contribution in [0.5, 0.6) is 0 Å². The molecule has 0 radical (unpaired) electrons. The van der Waals surface area contributed by atoms with Gasteiger partial charge < -0.3 is 20.4 Å². The van der Waals surface area contributed by atoms with Crippen molar-refractivity contribution in [2.75, 3.05) is 13.7 Å². The highest BCUT2D eigenvalue weighted by molar-refractivity contribution is 5.82. The zero-order chi connectivity index (χ0) is 11.3. The van der Waals surface area contributed by atoms with Crippen molar-refractivity contribution < 1.29 is 19.8 Å². The van der Waals surface area contributed by atoms with Crippen molar-refractivity contribution in [3.8, 4) is 0 Å². The Hall–Kier alpha value is -1.30. The number of carbonyl (C=O) groups is 2. The number of amides is 2. The smallest absolute Gasteiger partial charge is 0.328 e. The summed E-state index contributed by atoms with van der Waals surface area (Å²) in [6, 6.07) is -1.78. The maximum absolute atomic E-state index is 11.3. The largest absolute Gasteiger partial charge is 0.480 e. The van der Waals surface area contributed by atoms with Gasteiger partial charge in [0.05, 0.1) is 6.61 Å². The lowest BCUT2D eigenvalue weighted by Crippen LogP contribution is -2.50. The standard InChI is InChI=1S/C8H16N2O4/c1-5(2)10(3)8(14)9-6(4-11)7(12)13/h5-6,11H,4H2,1-3H3,(H,9,14)(H,12,13)/t6-/m0/s1. The van der Waals surface area contributed by atoms with Gasteiger partial charge in [0.1, 0.15) is 0 Å². The number of carboxylic acid groups (broad SMARTS) is 1. The second-order valence-corrected chi connectivity index (χ2v) is 3.23. The summed E-state index contributed by atoms with van der Waals surface area (Å²) in [7, 11) is 1.55. The molecule has 0 aromatic heterocycles. The molecular formula is C8H16N2O4. The molecule has 6 heteroatoms. The van der Waals surface area contributed by atoms with E-state index in [2.05, 4.69) is 5.32 Å². The first-order chi connectivity index (χ1) is 6.40. The van der Waals surface area contributed by atoms with E-state index in [4.69, 9.17) is 10.2 Å². The summed E-state index contributed by atoms with van der Waals surface area (Å²) in [5.41, 5.74) is 0. The van der Waals surface area contributed by atoms with Gasteiger partial charge in [0, 0.05) is 13.1 Å². The molecular weight excluding hydrogens is 188 g/mol. The van der Waals surface area contributed by atoms with E-state index in [0.29, 0.717) is 0 Å². The van der Waals surface area contributed by atoms with E-state index < -0.39 is 24.6 Å². The van der Waals surface area contributed by atoms with E-state index in [-0.39, 0.29) is 6.04 Å². The molecule has 0 fully saturated rings. The molecule has 2 amide bonds. The van der Waals surface area contributed by atoms with E-state index in [1.807, 2.05) is 0 Å². The molecule has 3 N–H and O–H groups in total. The van der Waals surface area contributed by atoms with Crippen LogP contribution in [0.15, 0.2) is 0 Å². The van der Waals surface area contributed by atoms with Gasteiger partial charge in [0.25, 0.3) is 0 Å². The number of aliphatic hydroxyl groups is 1. The zero-order valence-electron chi connectivity index (χ0n) is 8.52. The van der Waals surface area contributed by atoms with E-state index >= 15 is 0 Å². The van der Waals surface area contributed by atoms with Crippen molar-refractivity contribution in [3.63, 3.8) is 0 Å². The summed E-state index contributed by atoms with van der Waals surface area (Å²) in [4.78, 5) is 23.1. The molecule has 0 aliphatic rings. The highest BCUT2D eigenvalue weighted by Crippen LogP contribution is 1.95. The van der Waals surface area contributed by atoms with Crippen LogP contribution in [0.2, 0.25) is 0 Å². The quantitative estimate of drug-likeness (QED) is 0.575. The second kappa shape index (κ2) is 5.43. The molecule has 0 unspecified atom stereocenters. The highest BCUT2D eigenvalue weighted by atomic mass is 16.4. The lowest BCUT2D eigenvalue weighted by atomic mass is 10.3. The molecule has 0 aliphatic heterocycles. The lowest BCUT2D eigenvalue weighted by molar-refractivity contribution is -0.140. The predicted octanol–water partition coefficient (Wildman–Crippen LogP) is -0.518. The van der Waals surface area contributed by atoms with Crippen LogP contribution in [-0.4, -0.2) is 52.9 Å². The Morgan fingerprint density at radius 2 is 1.93 bits per heavy atom. The lowest BCUT2D eigenvalue weighted by Gasteiger charge is -2.23. The summed E-state index contributed by atoms with van der Waals surface area (Å²) >= 11 is 0. The molecule has 1 atom stereocenters. The normalized spacial score (nSPS) is 12.4. The monoisotopic (exact) mass is 204 g/mol. The number of nitrogens with zero attached hydrogens (tertiary/aromatic N) is 1. The number of carbonyl (C=O) groups excluding carboxylic acids is 1. The fraction of sp³-hybridized carbons (Fsp3) is 0.750. The van der Waals surface area contributed by atoms with E-state index in [0.717, 1.165) is 0 Å².